The predicted molar refractivity (Wildman–Crippen MR) is 79.3 cm³/mol. The van der Waals surface area contributed by atoms with E-state index < -0.39 is 0 Å². The lowest BCUT2D eigenvalue weighted by Gasteiger charge is -2.05. The minimum absolute atomic E-state index is 0.473. The van der Waals surface area contributed by atoms with E-state index in [0.29, 0.717) is 17.5 Å². The first kappa shape index (κ1) is 12.8. The Bertz CT molecular complexity index is 680. The van der Waals surface area contributed by atoms with Gasteiger partial charge in [0.05, 0.1) is 11.9 Å². The van der Waals surface area contributed by atoms with Crippen LogP contribution in [0.25, 0.3) is 5.69 Å². The number of hydrogen-bond acceptors (Lipinski definition) is 2. The van der Waals surface area contributed by atoms with Crippen molar-refractivity contribution in [2.45, 2.75) is 6.61 Å². The maximum Gasteiger partial charge on any atom is 0.177 e. The molecule has 0 bridgehead atoms. The summed E-state index contributed by atoms with van der Waals surface area (Å²) in [4.78, 5) is 0. The Labute approximate surface area is 122 Å². The molecule has 3 rings (SSSR count). The topological polar surface area (TPSA) is 27.1 Å². The van der Waals surface area contributed by atoms with Crippen LogP contribution in [0, 0.1) is 0 Å². The molecule has 0 fully saturated rings. The molecular formula is C16H13ClN2O. The van der Waals surface area contributed by atoms with E-state index in [4.69, 9.17) is 16.3 Å². The summed E-state index contributed by atoms with van der Waals surface area (Å²) >= 11 is 6.30. The van der Waals surface area contributed by atoms with Crippen molar-refractivity contribution in [3.05, 3.63) is 77.6 Å². The summed E-state index contributed by atoms with van der Waals surface area (Å²) in [5, 5.41) is 4.74. The third kappa shape index (κ3) is 2.68. The molecule has 0 atom stereocenters. The molecule has 3 nitrogen and oxygen atoms in total. The average molecular weight is 285 g/mol. The number of benzene rings is 2. The Kier molecular flexibility index (Phi) is 3.70. The maximum atomic E-state index is 6.30. The van der Waals surface area contributed by atoms with E-state index in [0.717, 1.165) is 11.3 Å². The zero-order valence-corrected chi connectivity index (χ0v) is 11.5. The summed E-state index contributed by atoms with van der Waals surface area (Å²) in [7, 11) is 0. The van der Waals surface area contributed by atoms with E-state index in [1.54, 1.807) is 10.9 Å². The molecule has 0 aliphatic rings. The van der Waals surface area contributed by atoms with Crippen LogP contribution in [-0.2, 0) is 6.61 Å². The predicted octanol–water partition coefficient (Wildman–Crippen LogP) is 4.10. The lowest BCUT2D eigenvalue weighted by atomic mass is 10.2. The number of halogens is 1. The molecule has 0 radical (unpaired) electrons. The maximum absolute atomic E-state index is 6.30. The minimum atomic E-state index is 0.473. The summed E-state index contributed by atoms with van der Waals surface area (Å²) in [6.07, 6.45) is 1.64. The fourth-order valence-corrected chi connectivity index (χ4v) is 2.14. The number of nitrogens with zero attached hydrogens (tertiary/aromatic N) is 2. The lowest BCUT2D eigenvalue weighted by Crippen LogP contribution is -1.97. The SMILES string of the molecule is Clc1c(OCc2ccccc2)cnn1-c1ccccc1. The molecule has 0 amide bonds. The van der Waals surface area contributed by atoms with Crippen LogP contribution in [0.15, 0.2) is 66.9 Å². The van der Waals surface area contributed by atoms with E-state index in [2.05, 4.69) is 5.10 Å². The molecule has 0 aliphatic heterocycles. The summed E-state index contributed by atoms with van der Waals surface area (Å²) in [5.41, 5.74) is 2.00. The van der Waals surface area contributed by atoms with Crippen molar-refractivity contribution in [1.29, 1.82) is 0 Å². The third-order valence-electron chi connectivity index (χ3n) is 2.92. The summed E-state index contributed by atoms with van der Waals surface area (Å²) in [6.45, 7) is 0.473. The van der Waals surface area contributed by atoms with Gasteiger partial charge in [-0.3, -0.25) is 0 Å². The first-order valence-electron chi connectivity index (χ1n) is 6.30. The van der Waals surface area contributed by atoms with Crippen molar-refractivity contribution >= 4 is 11.6 Å². The highest BCUT2D eigenvalue weighted by Gasteiger charge is 2.11. The molecule has 2 aromatic carbocycles. The van der Waals surface area contributed by atoms with Crippen LogP contribution < -0.4 is 4.74 Å². The Morgan fingerprint density at radius 1 is 0.950 bits per heavy atom. The van der Waals surface area contributed by atoms with E-state index in [9.17, 15) is 0 Å². The highest BCUT2D eigenvalue weighted by Crippen LogP contribution is 2.27. The largest absolute Gasteiger partial charge is 0.484 e. The monoisotopic (exact) mass is 284 g/mol. The normalized spacial score (nSPS) is 10.4. The molecule has 20 heavy (non-hydrogen) atoms. The van der Waals surface area contributed by atoms with Gasteiger partial charge in [0.2, 0.25) is 0 Å². The third-order valence-corrected chi connectivity index (χ3v) is 3.26. The van der Waals surface area contributed by atoms with Crippen molar-refractivity contribution in [3.8, 4) is 11.4 Å². The van der Waals surface area contributed by atoms with Gasteiger partial charge in [-0.2, -0.15) is 5.10 Å². The van der Waals surface area contributed by atoms with Gasteiger partial charge in [-0.1, -0.05) is 60.1 Å². The highest BCUT2D eigenvalue weighted by atomic mass is 35.5. The Morgan fingerprint density at radius 3 is 2.30 bits per heavy atom. The number of ether oxygens (including phenoxy) is 1. The van der Waals surface area contributed by atoms with Crippen molar-refractivity contribution in [2.75, 3.05) is 0 Å². The van der Waals surface area contributed by atoms with E-state index in [-0.39, 0.29) is 0 Å². The Hall–Kier alpha value is -2.26. The number of aromatic nitrogens is 2. The first-order valence-corrected chi connectivity index (χ1v) is 6.68. The number of para-hydroxylation sites is 1. The van der Waals surface area contributed by atoms with Crippen molar-refractivity contribution in [3.63, 3.8) is 0 Å². The Morgan fingerprint density at radius 2 is 1.60 bits per heavy atom. The quantitative estimate of drug-likeness (QED) is 0.721. The molecule has 100 valence electrons. The Balaban J connectivity index is 1.78. The fraction of sp³-hybridized carbons (Fsp3) is 0.0625. The standard InChI is InChI=1S/C16H13ClN2O/c17-16-15(20-12-13-7-3-1-4-8-13)11-18-19(16)14-9-5-2-6-10-14/h1-11H,12H2. The van der Waals surface area contributed by atoms with Crippen LogP contribution in [-0.4, -0.2) is 9.78 Å². The average Bonchev–Trinajstić information content (AvgIpc) is 2.88. The molecule has 4 heteroatoms. The molecule has 3 aromatic rings. The molecule has 0 saturated carbocycles. The van der Waals surface area contributed by atoms with Gasteiger partial charge in [-0.15, -0.1) is 0 Å². The van der Waals surface area contributed by atoms with Crippen LogP contribution in [0.2, 0.25) is 5.15 Å². The van der Waals surface area contributed by atoms with E-state index >= 15 is 0 Å². The molecule has 0 N–H and O–H groups in total. The van der Waals surface area contributed by atoms with Gasteiger partial charge in [-0.25, -0.2) is 4.68 Å². The molecular weight excluding hydrogens is 272 g/mol. The molecule has 0 aliphatic carbocycles. The van der Waals surface area contributed by atoms with Gasteiger partial charge >= 0.3 is 0 Å². The lowest BCUT2D eigenvalue weighted by molar-refractivity contribution is 0.306. The van der Waals surface area contributed by atoms with Crippen molar-refractivity contribution in [2.24, 2.45) is 0 Å². The zero-order chi connectivity index (χ0) is 13.8. The number of hydrogen-bond donors (Lipinski definition) is 0. The van der Waals surface area contributed by atoms with Gasteiger partial charge in [0.1, 0.15) is 6.61 Å². The summed E-state index contributed by atoms with van der Waals surface area (Å²) < 4.78 is 7.36. The minimum Gasteiger partial charge on any atom is -0.484 e. The second-order valence-electron chi connectivity index (χ2n) is 4.32. The van der Waals surface area contributed by atoms with Crippen LogP contribution in [0.4, 0.5) is 0 Å². The van der Waals surface area contributed by atoms with Gasteiger partial charge in [-0.05, 0) is 17.7 Å². The molecule has 0 spiro atoms. The fourth-order valence-electron chi connectivity index (χ4n) is 1.90. The highest BCUT2D eigenvalue weighted by molar-refractivity contribution is 6.31. The first-order chi connectivity index (χ1) is 9.84. The van der Waals surface area contributed by atoms with Crippen LogP contribution in [0.5, 0.6) is 5.75 Å². The van der Waals surface area contributed by atoms with E-state index in [1.165, 1.54) is 0 Å². The molecule has 1 heterocycles. The molecule has 0 saturated heterocycles. The van der Waals surface area contributed by atoms with Crippen LogP contribution >= 0.6 is 11.6 Å². The molecule has 1 aromatic heterocycles. The van der Waals surface area contributed by atoms with Crippen molar-refractivity contribution < 1.29 is 4.74 Å². The smallest absolute Gasteiger partial charge is 0.177 e. The molecule has 0 unspecified atom stereocenters. The van der Waals surface area contributed by atoms with Gasteiger partial charge in [0, 0.05) is 0 Å². The summed E-state index contributed by atoms with van der Waals surface area (Å²) in [5.74, 6) is 0.583. The van der Waals surface area contributed by atoms with Crippen LogP contribution in [0.3, 0.4) is 0 Å². The van der Waals surface area contributed by atoms with E-state index in [1.807, 2.05) is 60.7 Å². The zero-order valence-electron chi connectivity index (χ0n) is 10.7. The van der Waals surface area contributed by atoms with Gasteiger partial charge < -0.3 is 4.74 Å². The second-order valence-corrected chi connectivity index (χ2v) is 4.68. The number of rotatable bonds is 4. The van der Waals surface area contributed by atoms with Crippen molar-refractivity contribution in [1.82, 2.24) is 9.78 Å². The second kappa shape index (κ2) is 5.80. The van der Waals surface area contributed by atoms with Gasteiger partial charge in [0.15, 0.2) is 10.9 Å². The van der Waals surface area contributed by atoms with Crippen LogP contribution in [0.1, 0.15) is 5.56 Å². The summed E-state index contributed by atoms with van der Waals surface area (Å²) in [6, 6.07) is 19.7. The van der Waals surface area contributed by atoms with Gasteiger partial charge in [0.25, 0.3) is 0 Å².